The average molecular weight is 347 g/mol. The molecule has 0 aliphatic heterocycles. The van der Waals surface area contributed by atoms with Crippen molar-refractivity contribution in [3.05, 3.63) is 59.4 Å². The zero-order valence-corrected chi connectivity index (χ0v) is 15.4. The molecule has 0 N–H and O–H groups in total. The Morgan fingerprint density at radius 2 is 1.72 bits per heavy atom. The second kappa shape index (κ2) is 6.96. The van der Waals surface area contributed by atoms with Gasteiger partial charge >= 0.3 is 0 Å². The number of rotatable bonds is 3. The van der Waals surface area contributed by atoms with Gasteiger partial charge in [-0.2, -0.15) is 0 Å². The van der Waals surface area contributed by atoms with Crippen LogP contribution in [-0.4, -0.2) is 21.2 Å². The maximum atomic E-state index is 4.96. The Labute approximate surface area is 153 Å². The molecule has 0 saturated carbocycles. The molecule has 126 valence electrons. The molecular formula is C21H21N3S. The highest BCUT2D eigenvalue weighted by molar-refractivity contribution is 7.98. The van der Waals surface area contributed by atoms with Crippen LogP contribution in [0.2, 0.25) is 0 Å². The molecular weight excluding hydrogens is 326 g/mol. The lowest BCUT2D eigenvalue weighted by Gasteiger charge is -2.19. The molecule has 3 nitrogen and oxygen atoms in total. The molecule has 0 unspecified atom stereocenters. The molecule has 0 spiro atoms. The summed E-state index contributed by atoms with van der Waals surface area (Å²) < 4.78 is 0. The monoisotopic (exact) mass is 347 g/mol. The molecule has 0 fully saturated rings. The van der Waals surface area contributed by atoms with Crippen LogP contribution in [-0.2, 0) is 12.8 Å². The number of nitrogens with zero attached hydrogens (tertiary/aromatic N) is 3. The van der Waals surface area contributed by atoms with Gasteiger partial charge in [0.25, 0.3) is 0 Å². The fourth-order valence-corrected chi connectivity index (χ4v) is 3.93. The second-order valence-electron chi connectivity index (χ2n) is 6.43. The topological polar surface area (TPSA) is 38.7 Å². The van der Waals surface area contributed by atoms with Gasteiger partial charge in [0, 0.05) is 27.4 Å². The van der Waals surface area contributed by atoms with Crippen LogP contribution in [0.4, 0.5) is 0 Å². The van der Waals surface area contributed by atoms with Gasteiger partial charge in [-0.15, -0.1) is 11.8 Å². The Kier molecular flexibility index (Phi) is 4.53. The first kappa shape index (κ1) is 16.3. The van der Waals surface area contributed by atoms with Crippen LogP contribution in [0.3, 0.4) is 0 Å². The third kappa shape index (κ3) is 3.31. The third-order valence-electron chi connectivity index (χ3n) is 4.62. The third-order valence-corrected chi connectivity index (χ3v) is 5.33. The zero-order chi connectivity index (χ0) is 17.2. The van der Waals surface area contributed by atoms with Crippen molar-refractivity contribution in [2.45, 2.75) is 37.5 Å². The van der Waals surface area contributed by atoms with Crippen LogP contribution >= 0.6 is 11.8 Å². The molecule has 0 saturated heterocycles. The van der Waals surface area contributed by atoms with E-state index in [9.17, 15) is 0 Å². The Morgan fingerprint density at radius 1 is 0.920 bits per heavy atom. The van der Waals surface area contributed by atoms with Crippen LogP contribution in [0.5, 0.6) is 0 Å². The van der Waals surface area contributed by atoms with E-state index in [1.54, 1.807) is 11.8 Å². The van der Waals surface area contributed by atoms with E-state index in [0.717, 1.165) is 35.7 Å². The fraction of sp³-hybridized carbons (Fsp3) is 0.286. The molecule has 3 aromatic rings. The molecule has 4 heteroatoms. The summed E-state index contributed by atoms with van der Waals surface area (Å²) in [5, 5.41) is 0. The van der Waals surface area contributed by atoms with Crippen molar-refractivity contribution in [3.63, 3.8) is 0 Å². The van der Waals surface area contributed by atoms with Gasteiger partial charge in [0.15, 0.2) is 5.82 Å². The number of pyridine rings is 1. The maximum Gasteiger partial charge on any atom is 0.179 e. The van der Waals surface area contributed by atoms with Gasteiger partial charge in [0.05, 0.1) is 5.69 Å². The van der Waals surface area contributed by atoms with E-state index in [2.05, 4.69) is 42.7 Å². The van der Waals surface area contributed by atoms with Gasteiger partial charge in [-0.05, 0) is 51.0 Å². The number of fused-ring (bicyclic) bond motifs is 1. The first-order valence-corrected chi connectivity index (χ1v) is 9.95. The van der Waals surface area contributed by atoms with E-state index in [1.165, 1.54) is 34.6 Å². The number of hydrogen-bond acceptors (Lipinski definition) is 4. The predicted molar refractivity (Wildman–Crippen MR) is 104 cm³/mol. The summed E-state index contributed by atoms with van der Waals surface area (Å²) in [6.45, 7) is 2.03. The Bertz CT molecular complexity index is 907. The molecule has 0 bridgehead atoms. The highest BCUT2D eigenvalue weighted by Gasteiger charge is 2.20. The first-order chi connectivity index (χ1) is 12.2. The summed E-state index contributed by atoms with van der Waals surface area (Å²) in [7, 11) is 0. The van der Waals surface area contributed by atoms with E-state index in [-0.39, 0.29) is 0 Å². The summed E-state index contributed by atoms with van der Waals surface area (Å²) in [6, 6.07) is 14.7. The Hall–Kier alpha value is -2.20. The van der Waals surface area contributed by atoms with Gasteiger partial charge in [0.2, 0.25) is 0 Å². The summed E-state index contributed by atoms with van der Waals surface area (Å²) in [4.78, 5) is 15.8. The number of aryl methyl sites for hydroxylation is 2. The lowest BCUT2D eigenvalue weighted by molar-refractivity contribution is 0.665. The zero-order valence-electron chi connectivity index (χ0n) is 14.6. The van der Waals surface area contributed by atoms with Crippen LogP contribution in [0.15, 0.2) is 47.4 Å². The lowest BCUT2D eigenvalue weighted by atomic mass is 9.92. The summed E-state index contributed by atoms with van der Waals surface area (Å²) in [5.74, 6) is 0.749. The smallest absolute Gasteiger partial charge is 0.179 e. The predicted octanol–water partition coefficient (Wildman–Crippen LogP) is 5.11. The van der Waals surface area contributed by atoms with E-state index >= 15 is 0 Å². The van der Waals surface area contributed by atoms with Crippen LogP contribution < -0.4 is 0 Å². The molecule has 25 heavy (non-hydrogen) atoms. The fourth-order valence-electron chi connectivity index (χ4n) is 3.41. The Morgan fingerprint density at radius 3 is 2.52 bits per heavy atom. The first-order valence-electron chi connectivity index (χ1n) is 8.73. The minimum absolute atomic E-state index is 0.749. The summed E-state index contributed by atoms with van der Waals surface area (Å²) in [5.41, 5.74) is 6.64. The van der Waals surface area contributed by atoms with E-state index in [0.29, 0.717) is 0 Å². The van der Waals surface area contributed by atoms with Crippen molar-refractivity contribution >= 4 is 11.8 Å². The average Bonchev–Trinajstić information content (AvgIpc) is 2.67. The molecule has 2 heterocycles. The summed E-state index contributed by atoms with van der Waals surface area (Å²) >= 11 is 1.73. The van der Waals surface area contributed by atoms with Crippen molar-refractivity contribution in [3.8, 4) is 22.8 Å². The largest absolute Gasteiger partial charge is 0.250 e. The van der Waals surface area contributed by atoms with Gasteiger partial charge < -0.3 is 0 Å². The molecule has 1 aromatic carbocycles. The minimum atomic E-state index is 0.749. The molecule has 0 atom stereocenters. The highest BCUT2D eigenvalue weighted by atomic mass is 32.2. The second-order valence-corrected chi connectivity index (χ2v) is 7.31. The molecule has 0 amide bonds. The van der Waals surface area contributed by atoms with Gasteiger partial charge in [0.1, 0.15) is 5.69 Å². The highest BCUT2D eigenvalue weighted by Crippen LogP contribution is 2.32. The number of thioether (sulfide) groups is 1. The van der Waals surface area contributed by atoms with Gasteiger partial charge in [-0.25, -0.2) is 15.0 Å². The van der Waals surface area contributed by atoms with Crippen molar-refractivity contribution in [1.82, 2.24) is 15.0 Å². The number of hydrogen-bond donors (Lipinski definition) is 0. The van der Waals surface area contributed by atoms with E-state index < -0.39 is 0 Å². The molecule has 4 rings (SSSR count). The van der Waals surface area contributed by atoms with Crippen LogP contribution in [0.25, 0.3) is 22.8 Å². The quantitative estimate of drug-likeness (QED) is 0.617. The Balaban J connectivity index is 1.91. The van der Waals surface area contributed by atoms with Crippen molar-refractivity contribution < 1.29 is 0 Å². The van der Waals surface area contributed by atoms with Gasteiger partial charge in [-0.3, -0.25) is 0 Å². The number of benzene rings is 1. The van der Waals surface area contributed by atoms with Crippen molar-refractivity contribution in [1.29, 1.82) is 0 Å². The normalized spacial score (nSPS) is 13.5. The van der Waals surface area contributed by atoms with Crippen LogP contribution in [0, 0.1) is 6.92 Å². The SMILES string of the molecule is CSc1cc(C)nc(-c2nc3c(c(-c4ccccc4)n2)CCCC3)c1. The standard InChI is InChI=1S/C21H21N3S/c1-14-12-16(25-2)13-19(22-14)21-23-18-11-7-6-10-17(18)20(24-21)15-8-4-3-5-9-15/h3-5,8-9,12-13H,6-7,10-11H2,1-2H3. The lowest BCUT2D eigenvalue weighted by Crippen LogP contribution is -2.11. The van der Waals surface area contributed by atoms with Gasteiger partial charge in [-0.1, -0.05) is 30.3 Å². The summed E-state index contributed by atoms with van der Waals surface area (Å²) in [6.07, 6.45) is 6.61. The molecule has 1 aliphatic rings. The van der Waals surface area contributed by atoms with E-state index in [1.807, 2.05) is 13.0 Å². The van der Waals surface area contributed by atoms with E-state index in [4.69, 9.17) is 15.0 Å². The van der Waals surface area contributed by atoms with Crippen molar-refractivity contribution in [2.24, 2.45) is 0 Å². The van der Waals surface area contributed by atoms with Crippen molar-refractivity contribution in [2.75, 3.05) is 6.26 Å². The maximum absolute atomic E-state index is 4.96. The molecule has 2 aromatic heterocycles. The molecule has 0 radical (unpaired) electrons. The minimum Gasteiger partial charge on any atom is -0.250 e. The van der Waals surface area contributed by atoms with Crippen LogP contribution in [0.1, 0.15) is 29.8 Å². The molecule has 1 aliphatic carbocycles. The number of aromatic nitrogens is 3.